The van der Waals surface area contributed by atoms with Gasteiger partial charge in [0, 0.05) is 24.6 Å². The molecule has 0 N–H and O–H groups in total. The second-order valence-electron chi connectivity index (χ2n) is 3.32. The van der Waals surface area contributed by atoms with Crippen LogP contribution in [0.3, 0.4) is 0 Å². The molecule has 0 bridgehead atoms. The van der Waals surface area contributed by atoms with E-state index in [4.69, 9.17) is 0 Å². The van der Waals surface area contributed by atoms with E-state index in [-0.39, 0.29) is 11.2 Å². The van der Waals surface area contributed by atoms with Gasteiger partial charge in [0.2, 0.25) is 0 Å². The summed E-state index contributed by atoms with van der Waals surface area (Å²) in [5.41, 5.74) is 0.504. The molecule has 2 rings (SSSR count). The van der Waals surface area contributed by atoms with Crippen molar-refractivity contribution in [3.63, 3.8) is 0 Å². The Balaban J connectivity index is 2.92. The fourth-order valence-electron chi connectivity index (χ4n) is 1.55. The molecule has 1 aromatic carbocycles. The molecular weight excluding hydrogens is 276 g/mol. The lowest BCUT2D eigenvalue weighted by Crippen LogP contribution is -2.15. The molecule has 0 aliphatic heterocycles. The summed E-state index contributed by atoms with van der Waals surface area (Å²) in [7, 11) is 1.63. The molecule has 0 aliphatic rings. The Labute approximate surface area is 98.6 Å². The van der Waals surface area contributed by atoms with E-state index >= 15 is 0 Å². The zero-order valence-electron chi connectivity index (χ0n) is 8.31. The number of rotatable bonds is 1. The molecule has 1 aromatic heterocycles. The Morgan fingerprint density at radius 3 is 2.62 bits per heavy atom. The first-order valence-electron chi connectivity index (χ1n) is 4.45. The van der Waals surface area contributed by atoms with Crippen LogP contribution in [-0.4, -0.2) is 9.49 Å². The van der Waals surface area contributed by atoms with Crippen LogP contribution in [0.2, 0.25) is 0 Å². The molecule has 0 spiro atoms. The standard InChI is InChI=1S/C10H7BrN2O3/c1-12-7-3-4-8(13(15)16)10(11)6(7)2-5-9(12)14/h2-5H,1H3. The van der Waals surface area contributed by atoms with E-state index in [1.807, 2.05) is 0 Å². The molecule has 6 heteroatoms. The first kappa shape index (κ1) is 10.8. The third kappa shape index (κ3) is 1.51. The van der Waals surface area contributed by atoms with Crippen molar-refractivity contribution in [2.45, 2.75) is 0 Å². The van der Waals surface area contributed by atoms with Gasteiger partial charge in [0.15, 0.2) is 0 Å². The summed E-state index contributed by atoms with van der Waals surface area (Å²) in [6.07, 6.45) is 0. The van der Waals surface area contributed by atoms with Crippen LogP contribution in [0.15, 0.2) is 33.5 Å². The van der Waals surface area contributed by atoms with Crippen molar-refractivity contribution in [1.82, 2.24) is 4.57 Å². The highest BCUT2D eigenvalue weighted by molar-refractivity contribution is 9.10. The Kier molecular flexibility index (Phi) is 2.51. The minimum absolute atomic E-state index is 0.00820. The van der Waals surface area contributed by atoms with E-state index in [0.717, 1.165) is 0 Å². The van der Waals surface area contributed by atoms with E-state index < -0.39 is 4.92 Å². The summed E-state index contributed by atoms with van der Waals surface area (Å²) in [5.74, 6) is 0. The van der Waals surface area contributed by atoms with Crippen LogP contribution in [0, 0.1) is 10.1 Å². The van der Waals surface area contributed by atoms with Gasteiger partial charge in [-0.2, -0.15) is 0 Å². The molecule has 0 aliphatic carbocycles. The monoisotopic (exact) mass is 282 g/mol. The second kappa shape index (κ2) is 3.71. The minimum Gasteiger partial charge on any atom is -0.311 e. The SMILES string of the molecule is Cn1c(=O)ccc2c(Br)c([N+](=O)[O-])ccc21. The van der Waals surface area contributed by atoms with Crippen LogP contribution < -0.4 is 5.56 Å². The van der Waals surface area contributed by atoms with Crippen molar-refractivity contribution >= 4 is 32.5 Å². The smallest absolute Gasteiger partial charge is 0.284 e. The van der Waals surface area contributed by atoms with Crippen LogP contribution in [-0.2, 0) is 7.05 Å². The lowest BCUT2D eigenvalue weighted by molar-refractivity contribution is -0.385. The topological polar surface area (TPSA) is 65.1 Å². The fourth-order valence-corrected chi connectivity index (χ4v) is 2.16. The van der Waals surface area contributed by atoms with Crippen molar-refractivity contribution in [2.24, 2.45) is 7.05 Å². The van der Waals surface area contributed by atoms with Gasteiger partial charge in [0.05, 0.1) is 10.4 Å². The molecule has 1 heterocycles. The number of nitro groups is 1. The zero-order valence-corrected chi connectivity index (χ0v) is 9.89. The third-order valence-electron chi connectivity index (χ3n) is 2.42. The molecule has 0 fully saturated rings. The summed E-state index contributed by atoms with van der Waals surface area (Å²) >= 11 is 3.18. The number of nitrogens with zero attached hydrogens (tertiary/aromatic N) is 2. The first-order valence-corrected chi connectivity index (χ1v) is 5.24. The normalized spacial score (nSPS) is 10.6. The maximum Gasteiger partial charge on any atom is 0.284 e. The van der Waals surface area contributed by atoms with Crippen LogP contribution in [0.4, 0.5) is 5.69 Å². The Morgan fingerprint density at radius 2 is 2.00 bits per heavy atom. The summed E-state index contributed by atoms with van der Waals surface area (Å²) in [5, 5.41) is 11.4. The number of aryl methyl sites for hydroxylation is 1. The average molecular weight is 283 g/mol. The van der Waals surface area contributed by atoms with Crippen molar-refractivity contribution < 1.29 is 4.92 Å². The first-order chi connectivity index (χ1) is 7.52. The van der Waals surface area contributed by atoms with Gasteiger partial charge < -0.3 is 4.57 Å². The third-order valence-corrected chi connectivity index (χ3v) is 3.25. The summed E-state index contributed by atoms with van der Waals surface area (Å²) in [6, 6.07) is 5.91. The quantitative estimate of drug-likeness (QED) is 0.595. The number of fused-ring (bicyclic) bond motifs is 1. The Hall–Kier alpha value is -1.69. The lowest BCUT2D eigenvalue weighted by Gasteiger charge is -2.05. The van der Waals surface area contributed by atoms with E-state index in [2.05, 4.69) is 15.9 Å². The molecule has 2 aromatic rings. The highest BCUT2D eigenvalue weighted by Crippen LogP contribution is 2.31. The molecule has 82 valence electrons. The van der Waals surface area contributed by atoms with Crippen molar-refractivity contribution in [3.05, 3.63) is 49.2 Å². The van der Waals surface area contributed by atoms with Gasteiger partial charge in [0.25, 0.3) is 11.2 Å². The summed E-state index contributed by atoms with van der Waals surface area (Å²) < 4.78 is 1.84. The van der Waals surface area contributed by atoms with Gasteiger partial charge in [-0.1, -0.05) is 0 Å². The number of benzene rings is 1. The van der Waals surface area contributed by atoms with Crippen LogP contribution >= 0.6 is 15.9 Å². The number of nitro benzene ring substituents is 1. The van der Waals surface area contributed by atoms with Crippen molar-refractivity contribution in [1.29, 1.82) is 0 Å². The highest BCUT2D eigenvalue weighted by atomic mass is 79.9. The van der Waals surface area contributed by atoms with Gasteiger partial charge in [0.1, 0.15) is 4.47 Å². The zero-order chi connectivity index (χ0) is 11.9. The molecule has 0 radical (unpaired) electrons. The van der Waals surface area contributed by atoms with Gasteiger partial charge >= 0.3 is 0 Å². The highest BCUT2D eigenvalue weighted by Gasteiger charge is 2.15. The maximum absolute atomic E-state index is 11.4. The van der Waals surface area contributed by atoms with Crippen LogP contribution in [0.1, 0.15) is 0 Å². The van der Waals surface area contributed by atoms with Crippen molar-refractivity contribution in [3.8, 4) is 0 Å². The average Bonchev–Trinajstić information content (AvgIpc) is 2.23. The number of aromatic nitrogens is 1. The summed E-state index contributed by atoms with van der Waals surface area (Å²) in [4.78, 5) is 21.6. The number of hydrogen-bond donors (Lipinski definition) is 0. The molecule has 0 atom stereocenters. The second-order valence-corrected chi connectivity index (χ2v) is 4.11. The maximum atomic E-state index is 11.4. The number of halogens is 1. The van der Waals surface area contributed by atoms with Gasteiger partial charge in [-0.05, 0) is 28.1 Å². The molecular formula is C10H7BrN2O3. The predicted octanol–water partition coefficient (Wildman–Crippen LogP) is 2.21. The molecule has 0 saturated carbocycles. The largest absolute Gasteiger partial charge is 0.311 e. The van der Waals surface area contributed by atoms with Gasteiger partial charge in [-0.15, -0.1) is 0 Å². The Morgan fingerprint density at radius 1 is 1.31 bits per heavy atom. The van der Waals surface area contributed by atoms with Gasteiger partial charge in [-0.25, -0.2) is 0 Å². The van der Waals surface area contributed by atoms with Crippen LogP contribution in [0.5, 0.6) is 0 Å². The minimum atomic E-state index is -0.464. The van der Waals surface area contributed by atoms with E-state index in [1.54, 1.807) is 19.2 Å². The van der Waals surface area contributed by atoms with E-state index in [0.29, 0.717) is 15.4 Å². The molecule has 16 heavy (non-hydrogen) atoms. The van der Waals surface area contributed by atoms with Crippen LogP contribution in [0.25, 0.3) is 10.9 Å². The Bertz CT molecular complexity index is 648. The van der Waals surface area contributed by atoms with E-state index in [1.165, 1.54) is 16.7 Å². The number of hydrogen-bond acceptors (Lipinski definition) is 3. The molecule has 5 nitrogen and oxygen atoms in total. The molecule has 0 amide bonds. The number of pyridine rings is 1. The lowest BCUT2D eigenvalue weighted by atomic mass is 10.2. The molecule has 0 saturated heterocycles. The van der Waals surface area contributed by atoms with Gasteiger partial charge in [-0.3, -0.25) is 14.9 Å². The predicted molar refractivity (Wildman–Crippen MR) is 63.5 cm³/mol. The van der Waals surface area contributed by atoms with E-state index in [9.17, 15) is 14.9 Å². The van der Waals surface area contributed by atoms with Crippen molar-refractivity contribution in [2.75, 3.05) is 0 Å². The fraction of sp³-hybridized carbons (Fsp3) is 0.100. The summed E-state index contributed by atoms with van der Waals surface area (Å²) in [6.45, 7) is 0. The molecule has 0 unspecified atom stereocenters.